The van der Waals surface area contributed by atoms with Crippen LogP contribution in [-0.2, 0) is 11.2 Å². The van der Waals surface area contributed by atoms with Gasteiger partial charge in [0.25, 0.3) is 0 Å². The smallest absolute Gasteiger partial charge is 0.224 e. The van der Waals surface area contributed by atoms with Crippen molar-refractivity contribution in [1.29, 1.82) is 0 Å². The molecule has 1 rings (SSSR count). The van der Waals surface area contributed by atoms with Crippen LogP contribution < -0.4 is 11.1 Å². The normalized spacial score (nSPS) is 13.1. The summed E-state index contributed by atoms with van der Waals surface area (Å²) >= 11 is 0. The summed E-state index contributed by atoms with van der Waals surface area (Å²) in [4.78, 5) is 11.6. The van der Waals surface area contributed by atoms with Gasteiger partial charge in [-0.1, -0.05) is 30.3 Å². The van der Waals surface area contributed by atoms with Gasteiger partial charge in [-0.15, -0.1) is 0 Å². The fourth-order valence-corrected chi connectivity index (χ4v) is 1.37. The Labute approximate surface area is 105 Å². The van der Waals surface area contributed by atoms with E-state index in [2.05, 4.69) is 10.5 Å². The molecule has 18 heavy (non-hydrogen) atoms. The zero-order chi connectivity index (χ0) is 13.5. The van der Waals surface area contributed by atoms with Crippen molar-refractivity contribution in [2.24, 2.45) is 16.8 Å². The Morgan fingerprint density at radius 2 is 2.17 bits per heavy atom. The standard InChI is InChI=1S/C12H17N3O3/c1-8(12(13)15-18)7-14-11(17)6-9-4-2-3-5-10(9)16/h2-5,8,16,18H,6-7H2,1H3,(H2,13,15)(H,14,17). The predicted molar refractivity (Wildman–Crippen MR) is 67.4 cm³/mol. The average Bonchev–Trinajstić information content (AvgIpc) is 2.37. The predicted octanol–water partition coefficient (Wildman–Crippen LogP) is 0.433. The highest BCUT2D eigenvalue weighted by molar-refractivity contribution is 5.83. The second-order valence-electron chi connectivity index (χ2n) is 4.04. The fourth-order valence-electron chi connectivity index (χ4n) is 1.37. The highest BCUT2D eigenvalue weighted by atomic mass is 16.4. The van der Waals surface area contributed by atoms with Gasteiger partial charge in [-0.05, 0) is 6.07 Å². The van der Waals surface area contributed by atoms with Crippen LogP contribution in [0.4, 0.5) is 0 Å². The first kappa shape index (κ1) is 13.8. The van der Waals surface area contributed by atoms with Crippen molar-refractivity contribution in [2.75, 3.05) is 6.54 Å². The number of phenolic OH excluding ortho intramolecular Hbond substituents is 1. The molecule has 1 atom stereocenters. The first-order chi connectivity index (χ1) is 8.54. The van der Waals surface area contributed by atoms with Crippen molar-refractivity contribution in [3.8, 4) is 5.75 Å². The monoisotopic (exact) mass is 251 g/mol. The van der Waals surface area contributed by atoms with Gasteiger partial charge in [0, 0.05) is 18.0 Å². The Kier molecular flexibility index (Phi) is 4.98. The lowest BCUT2D eigenvalue weighted by molar-refractivity contribution is -0.120. The summed E-state index contributed by atoms with van der Waals surface area (Å²) in [5.41, 5.74) is 5.95. The zero-order valence-corrected chi connectivity index (χ0v) is 10.1. The van der Waals surface area contributed by atoms with E-state index in [1.807, 2.05) is 0 Å². The molecule has 0 saturated carbocycles. The van der Waals surface area contributed by atoms with E-state index in [1.54, 1.807) is 25.1 Å². The van der Waals surface area contributed by atoms with E-state index in [1.165, 1.54) is 6.07 Å². The number of rotatable bonds is 5. The molecule has 5 N–H and O–H groups in total. The van der Waals surface area contributed by atoms with Crippen LogP contribution in [0.2, 0.25) is 0 Å². The lowest BCUT2D eigenvalue weighted by Gasteiger charge is -2.11. The van der Waals surface area contributed by atoms with E-state index in [9.17, 15) is 9.90 Å². The lowest BCUT2D eigenvalue weighted by atomic mass is 10.1. The molecule has 1 aromatic carbocycles. The maximum absolute atomic E-state index is 11.6. The number of hydrogen-bond donors (Lipinski definition) is 4. The van der Waals surface area contributed by atoms with E-state index in [0.29, 0.717) is 5.56 Å². The van der Waals surface area contributed by atoms with Crippen LogP contribution in [0.5, 0.6) is 5.75 Å². The maximum atomic E-state index is 11.6. The molecule has 0 bridgehead atoms. The first-order valence-electron chi connectivity index (χ1n) is 5.55. The minimum absolute atomic E-state index is 0.0675. The Morgan fingerprint density at radius 3 is 2.78 bits per heavy atom. The summed E-state index contributed by atoms with van der Waals surface area (Å²) < 4.78 is 0. The quantitative estimate of drug-likeness (QED) is 0.263. The highest BCUT2D eigenvalue weighted by Crippen LogP contribution is 2.15. The second kappa shape index (κ2) is 6.48. The minimum Gasteiger partial charge on any atom is -0.508 e. The van der Waals surface area contributed by atoms with Crippen LogP contribution in [0.1, 0.15) is 12.5 Å². The third-order valence-corrected chi connectivity index (χ3v) is 2.57. The summed E-state index contributed by atoms with van der Waals surface area (Å²) in [5.74, 6) is -0.313. The number of oxime groups is 1. The lowest BCUT2D eigenvalue weighted by Crippen LogP contribution is -2.35. The van der Waals surface area contributed by atoms with Crippen molar-refractivity contribution < 1.29 is 15.1 Å². The number of benzene rings is 1. The third-order valence-electron chi connectivity index (χ3n) is 2.57. The number of para-hydroxylation sites is 1. The second-order valence-corrected chi connectivity index (χ2v) is 4.04. The summed E-state index contributed by atoms with van der Waals surface area (Å²) in [6.07, 6.45) is 0.0928. The number of carbonyl (C=O) groups excluding carboxylic acids is 1. The van der Waals surface area contributed by atoms with Gasteiger partial charge in [0.2, 0.25) is 5.91 Å². The molecule has 1 amide bonds. The van der Waals surface area contributed by atoms with E-state index in [-0.39, 0.29) is 36.4 Å². The summed E-state index contributed by atoms with van der Waals surface area (Å²) in [6.45, 7) is 2.01. The molecular formula is C12H17N3O3. The van der Waals surface area contributed by atoms with Crippen molar-refractivity contribution in [1.82, 2.24) is 5.32 Å². The number of amidine groups is 1. The number of nitrogens with one attached hydrogen (secondary N) is 1. The van der Waals surface area contributed by atoms with Crippen LogP contribution in [0, 0.1) is 5.92 Å². The van der Waals surface area contributed by atoms with Crippen molar-refractivity contribution >= 4 is 11.7 Å². The van der Waals surface area contributed by atoms with E-state index < -0.39 is 0 Å². The number of carbonyl (C=O) groups is 1. The molecule has 0 aromatic heterocycles. The molecule has 1 aromatic rings. The average molecular weight is 251 g/mol. The fraction of sp³-hybridized carbons (Fsp3) is 0.333. The molecule has 1 unspecified atom stereocenters. The van der Waals surface area contributed by atoms with Crippen LogP contribution in [0.3, 0.4) is 0 Å². The van der Waals surface area contributed by atoms with E-state index in [0.717, 1.165) is 0 Å². The Bertz CT molecular complexity index is 446. The molecule has 0 radical (unpaired) electrons. The van der Waals surface area contributed by atoms with Gasteiger partial charge in [0.15, 0.2) is 0 Å². The van der Waals surface area contributed by atoms with Gasteiger partial charge >= 0.3 is 0 Å². The number of nitrogens with zero attached hydrogens (tertiary/aromatic N) is 1. The topological polar surface area (TPSA) is 108 Å². The molecule has 0 fully saturated rings. The van der Waals surface area contributed by atoms with Crippen molar-refractivity contribution in [3.05, 3.63) is 29.8 Å². The molecule has 98 valence electrons. The van der Waals surface area contributed by atoms with Crippen molar-refractivity contribution in [2.45, 2.75) is 13.3 Å². The van der Waals surface area contributed by atoms with Gasteiger partial charge in [0.1, 0.15) is 11.6 Å². The highest BCUT2D eigenvalue weighted by Gasteiger charge is 2.11. The summed E-state index contributed by atoms with van der Waals surface area (Å²) in [6, 6.07) is 6.65. The van der Waals surface area contributed by atoms with Crippen LogP contribution in [0.15, 0.2) is 29.4 Å². The molecule has 0 heterocycles. The Balaban J connectivity index is 2.46. The van der Waals surface area contributed by atoms with Gasteiger partial charge in [-0.3, -0.25) is 4.79 Å². The van der Waals surface area contributed by atoms with Gasteiger partial charge in [-0.25, -0.2) is 0 Å². The van der Waals surface area contributed by atoms with Crippen LogP contribution in [0.25, 0.3) is 0 Å². The molecule has 0 aliphatic rings. The number of amides is 1. The number of nitrogens with two attached hydrogens (primary N) is 1. The van der Waals surface area contributed by atoms with Gasteiger partial charge in [-0.2, -0.15) is 0 Å². The number of aromatic hydroxyl groups is 1. The summed E-state index contributed by atoms with van der Waals surface area (Å²) in [5, 5.41) is 23.5. The first-order valence-corrected chi connectivity index (χ1v) is 5.55. The van der Waals surface area contributed by atoms with Crippen molar-refractivity contribution in [3.63, 3.8) is 0 Å². The maximum Gasteiger partial charge on any atom is 0.224 e. The molecule has 6 nitrogen and oxygen atoms in total. The van der Waals surface area contributed by atoms with Gasteiger partial charge < -0.3 is 21.4 Å². The summed E-state index contributed by atoms with van der Waals surface area (Å²) in [7, 11) is 0. The minimum atomic E-state index is -0.247. The number of phenols is 1. The zero-order valence-electron chi connectivity index (χ0n) is 10.1. The molecule has 0 spiro atoms. The molecule has 0 saturated heterocycles. The van der Waals surface area contributed by atoms with Gasteiger partial charge in [0.05, 0.1) is 6.42 Å². The molecule has 6 heteroatoms. The molecule has 0 aliphatic carbocycles. The number of hydrogen-bond acceptors (Lipinski definition) is 4. The largest absolute Gasteiger partial charge is 0.508 e. The molecular weight excluding hydrogens is 234 g/mol. The Hall–Kier alpha value is -2.24. The van der Waals surface area contributed by atoms with Crippen LogP contribution >= 0.6 is 0 Å². The third kappa shape index (κ3) is 3.97. The van der Waals surface area contributed by atoms with E-state index >= 15 is 0 Å². The van der Waals surface area contributed by atoms with E-state index in [4.69, 9.17) is 10.9 Å². The molecule has 0 aliphatic heterocycles. The van der Waals surface area contributed by atoms with Crippen LogP contribution in [-0.4, -0.2) is 28.6 Å². The Morgan fingerprint density at radius 1 is 1.50 bits per heavy atom. The SMILES string of the molecule is CC(CNC(=O)Cc1ccccc1O)/C(N)=N/O.